The number of rotatable bonds is 23. The Kier molecular flexibility index (Phi) is 15.7. The van der Waals surface area contributed by atoms with Crippen molar-refractivity contribution in [2.24, 2.45) is 17.3 Å². The number of piperidine rings is 2. The summed E-state index contributed by atoms with van der Waals surface area (Å²) >= 11 is 0. The summed E-state index contributed by atoms with van der Waals surface area (Å²) in [5.74, 6) is -3.84. The molecule has 62 heavy (non-hydrogen) atoms. The highest BCUT2D eigenvalue weighted by molar-refractivity contribution is 6.08. The zero-order valence-corrected chi connectivity index (χ0v) is 39.7. The van der Waals surface area contributed by atoms with Crippen molar-refractivity contribution < 1.29 is 39.0 Å². The van der Waals surface area contributed by atoms with Crippen molar-refractivity contribution in [2.45, 2.75) is 199 Å². The van der Waals surface area contributed by atoms with Crippen molar-refractivity contribution in [1.82, 2.24) is 30.2 Å². The van der Waals surface area contributed by atoms with Crippen molar-refractivity contribution in [2.75, 3.05) is 26.2 Å². The Hall–Kier alpha value is -3.78. The second-order valence-corrected chi connectivity index (χ2v) is 20.1. The number of carbonyl (C=O) groups excluding carboxylic acids is 6. The molecule has 14 heteroatoms. The van der Waals surface area contributed by atoms with Crippen LogP contribution in [0.4, 0.5) is 9.59 Å². The van der Waals surface area contributed by atoms with E-state index in [0.717, 1.165) is 25.7 Å². The first-order valence-electron chi connectivity index (χ1n) is 23.5. The predicted molar refractivity (Wildman–Crippen MR) is 236 cm³/mol. The van der Waals surface area contributed by atoms with Gasteiger partial charge in [0.25, 0.3) is 11.8 Å². The number of amides is 6. The van der Waals surface area contributed by atoms with Crippen LogP contribution in [0.25, 0.3) is 0 Å². The van der Waals surface area contributed by atoms with Crippen LogP contribution in [0.5, 0.6) is 0 Å². The van der Waals surface area contributed by atoms with Crippen molar-refractivity contribution in [3.63, 3.8) is 0 Å². The number of carboxylic acid groups (broad SMARTS) is 2. The van der Waals surface area contributed by atoms with Crippen LogP contribution in [0.15, 0.2) is 25.3 Å². The average Bonchev–Trinajstić information content (AvgIpc) is 3.61. The number of carbonyl (C=O) groups is 6. The minimum atomic E-state index is -1.61. The number of hydrogen-bond donors (Lipinski definition) is 2. The molecule has 4 heterocycles. The van der Waals surface area contributed by atoms with Crippen LogP contribution in [0.1, 0.15) is 166 Å². The van der Waals surface area contributed by atoms with Crippen molar-refractivity contribution in [1.29, 1.82) is 0 Å². The molecule has 4 saturated heterocycles. The Balaban J connectivity index is 1.65. The summed E-state index contributed by atoms with van der Waals surface area (Å²) in [6.45, 7) is 29.7. The Labute approximate surface area is 371 Å². The maximum absolute atomic E-state index is 14.8. The molecule has 0 bridgehead atoms. The van der Waals surface area contributed by atoms with Crippen molar-refractivity contribution in [3.05, 3.63) is 25.3 Å². The molecule has 0 aliphatic carbocycles. The van der Waals surface area contributed by atoms with E-state index in [2.05, 4.69) is 89.0 Å². The molecule has 6 amide bonds. The Bertz CT molecular complexity index is 1640. The van der Waals surface area contributed by atoms with Gasteiger partial charge in [-0.1, -0.05) is 79.4 Å². The van der Waals surface area contributed by atoms with E-state index in [1.54, 1.807) is 0 Å². The van der Waals surface area contributed by atoms with E-state index in [-0.39, 0.29) is 62.4 Å². The highest BCUT2D eigenvalue weighted by atomic mass is 16.4. The first-order valence-corrected chi connectivity index (χ1v) is 23.5. The van der Waals surface area contributed by atoms with Gasteiger partial charge in [-0.2, -0.15) is 0 Å². The Morgan fingerprint density at radius 2 is 1.05 bits per heavy atom. The molecule has 8 unspecified atom stereocenters. The van der Waals surface area contributed by atoms with E-state index in [1.807, 2.05) is 26.0 Å². The van der Waals surface area contributed by atoms with Crippen molar-refractivity contribution in [3.8, 4) is 0 Å². The molecule has 14 nitrogen and oxygen atoms in total. The van der Waals surface area contributed by atoms with Gasteiger partial charge in [0.2, 0.25) is 0 Å². The summed E-state index contributed by atoms with van der Waals surface area (Å²) in [6.07, 6.45) is 9.96. The van der Waals surface area contributed by atoms with E-state index in [9.17, 15) is 39.0 Å². The van der Waals surface area contributed by atoms with Gasteiger partial charge in [0.15, 0.2) is 0 Å². The van der Waals surface area contributed by atoms with Gasteiger partial charge in [0, 0.05) is 77.5 Å². The molecule has 2 spiro atoms. The monoisotopic (exact) mass is 867 g/mol. The maximum Gasteiger partial charge on any atom is 0.325 e. The third-order valence-corrected chi connectivity index (χ3v) is 17.3. The van der Waals surface area contributed by atoms with E-state index in [1.165, 1.54) is 9.80 Å². The fourth-order valence-electron chi connectivity index (χ4n) is 12.3. The lowest BCUT2D eigenvalue weighted by atomic mass is 9.60. The van der Waals surface area contributed by atoms with Gasteiger partial charge in [0.05, 0.1) is 0 Å². The molecule has 0 aromatic carbocycles. The number of likely N-dealkylation sites (tertiary alicyclic amines) is 2. The zero-order chi connectivity index (χ0) is 46.7. The Morgan fingerprint density at radius 1 is 0.661 bits per heavy atom. The molecule has 2 N–H and O–H groups in total. The number of hydrogen-bond acceptors (Lipinski definition) is 10. The largest absolute Gasteiger partial charge is 0.550 e. The van der Waals surface area contributed by atoms with E-state index in [4.69, 9.17) is 0 Å². The van der Waals surface area contributed by atoms with Gasteiger partial charge in [0.1, 0.15) is 11.1 Å². The highest BCUT2D eigenvalue weighted by Crippen LogP contribution is 2.54. The van der Waals surface area contributed by atoms with Crippen LogP contribution in [-0.4, -0.2) is 115 Å². The van der Waals surface area contributed by atoms with Crippen LogP contribution in [0.2, 0.25) is 0 Å². The third-order valence-electron chi connectivity index (χ3n) is 17.3. The summed E-state index contributed by atoms with van der Waals surface area (Å²) < 4.78 is 0. The van der Waals surface area contributed by atoms with Crippen LogP contribution >= 0.6 is 0 Å². The van der Waals surface area contributed by atoms with E-state index >= 15 is 0 Å². The average molecular weight is 867 g/mol. The van der Waals surface area contributed by atoms with Gasteiger partial charge < -0.3 is 30.4 Å². The van der Waals surface area contributed by atoms with Crippen LogP contribution < -0.4 is 20.8 Å². The second kappa shape index (κ2) is 19.1. The normalized spacial score (nSPS) is 35.1. The first-order chi connectivity index (χ1) is 29.0. The fraction of sp³-hybridized carbons (Fsp3) is 0.792. The SMILES string of the molecule is C=CCN1C(C)(CC)CC2(NC(=O)N(CCC(CCCCCCCC(=O)[O-])(CCN3C(=O)NC4(CC(C)(CC)N(CC=C)C(C)(CC)C4C)C3=O)C(=O)[O-])C2=O)C(C)C1(C)CC. The summed E-state index contributed by atoms with van der Waals surface area (Å²) in [6, 6.07) is -1.14. The number of nitrogens with zero attached hydrogens (tertiary/aromatic N) is 4. The lowest BCUT2D eigenvalue weighted by Gasteiger charge is -2.63. The van der Waals surface area contributed by atoms with Gasteiger partial charge in [-0.25, -0.2) is 9.59 Å². The lowest BCUT2D eigenvalue weighted by Crippen LogP contribution is -2.75. The standard InChI is InChI=1S/C48H80N6O8/c1-13-28-53-42(9,15-3)32-47(34(7)44(53,11)17-5)37(57)51(40(61)49-47)30-26-46(39(59)60,25-23-21-19-20-22-24-36(55)56)27-31-52-38(58)48(50-41(52)62)33-43(10,16-4)54(29-14-2)45(12,18-6)35(48)8/h13-14,34-35H,1-2,15-33H2,3-12H3,(H,49,61)(H,50,62)(H,55,56)(H,59,60)/p-2. The molecule has 0 aromatic rings. The quantitative estimate of drug-likeness (QED) is 0.0777. The number of urea groups is 2. The predicted octanol–water partition coefficient (Wildman–Crippen LogP) is 5.30. The topological polar surface area (TPSA) is 186 Å². The molecule has 4 rings (SSSR count). The van der Waals surface area contributed by atoms with E-state index < -0.39 is 62.6 Å². The lowest BCUT2D eigenvalue weighted by molar-refractivity contribution is -0.321. The molecule has 4 aliphatic rings. The molecule has 4 fully saturated rings. The molecule has 4 aliphatic heterocycles. The molecule has 0 aromatic heterocycles. The van der Waals surface area contributed by atoms with Crippen LogP contribution in [0, 0.1) is 17.3 Å². The second-order valence-electron chi connectivity index (χ2n) is 20.1. The summed E-state index contributed by atoms with van der Waals surface area (Å²) in [5.41, 5.74) is -5.91. The first kappa shape index (κ1) is 50.9. The molecule has 0 radical (unpaired) electrons. The number of nitrogens with one attached hydrogen (secondary N) is 2. The van der Waals surface area contributed by atoms with Gasteiger partial charge in [-0.3, -0.25) is 29.2 Å². The Morgan fingerprint density at radius 3 is 1.39 bits per heavy atom. The molecule has 350 valence electrons. The minimum Gasteiger partial charge on any atom is -0.550 e. The smallest absolute Gasteiger partial charge is 0.325 e. The summed E-state index contributed by atoms with van der Waals surface area (Å²) in [7, 11) is 0. The third kappa shape index (κ3) is 8.60. The van der Waals surface area contributed by atoms with E-state index in [0.29, 0.717) is 58.0 Å². The number of aliphatic carboxylic acids is 2. The van der Waals surface area contributed by atoms with Crippen LogP contribution in [-0.2, 0) is 19.2 Å². The van der Waals surface area contributed by atoms with Gasteiger partial charge in [-0.15, -0.1) is 13.2 Å². The molecule has 0 saturated carbocycles. The number of unbranched alkanes of at least 4 members (excludes halogenated alkanes) is 4. The zero-order valence-electron chi connectivity index (χ0n) is 39.7. The van der Waals surface area contributed by atoms with Gasteiger partial charge >= 0.3 is 12.1 Å². The fourth-order valence-corrected chi connectivity index (χ4v) is 12.3. The maximum atomic E-state index is 14.8. The number of carboxylic acids is 2. The van der Waals surface area contributed by atoms with Gasteiger partial charge in [-0.05, 0) is 98.3 Å². The van der Waals surface area contributed by atoms with Crippen molar-refractivity contribution >= 4 is 35.8 Å². The summed E-state index contributed by atoms with van der Waals surface area (Å²) in [4.78, 5) is 89.3. The minimum absolute atomic E-state index is 0.0523. The highest BCUT2D eigenvalue weighted by Gasteiger charge is 2.68. The molecule has 8 atom stereocenters. The summed E-state index contributed by atoms with van der Waals surface area (Å²) in [5, 5.41) is 30.8. The molecular weight excluding hydrogens is 789 g/mol. The molecular formula is C48H78N6O8-2. The number of imide groups is 2. The van der Waals surface area contributed by atoms with Crippen LogP contribution in [0.3, 0.4) is 0 Å².